The Morgan fingerprint density at radius 2 is 0.742 bits per heavy atom. The second-order valence-electron chi connectivity index (χ2n) is 16.8. The van der Waals surface area contributed by atoms with Crippen LogP contribution in [0.3, 0.4) is 0 Å². The van der Waals surface area contributed by atoms with Gasteiger partial charge >= 0.3 is 0 Å². The van der Waals surface area contributed by atoms with Crippen LogP contribution in [-0.2, 0) is 0 Å². The van der Waals surface area contributed by atoms with Gasteiger partial charge in [-0.3, -0.25) is 0 Å². The lowest BCUT2D eigenvalue weighted by Crippen LogP contribution is -2.31. The second-order valence-corrected chi connectivity index (χ2v) is 16.8. The molecule has 3 nitrogen and oxygen atoms in total. The van der Waals surface area contributed by atoms with Gasteiger partial charge in [0, 0.05) is 11.1 Å². The number of dihydropyridines is 1. The van der Waals surface area contributed by atoms with Crippen LogP contribution in [0.1, 0.15) is 56.6 Å². The quantitative estimate of drug-likeness (QED) is 0.144. The summed E-state index contributed by atoms with van der Waals surface area (Å²) in [7, 11) is 0. The van der Waals surface area contributed by atoms with Gasteiger partial charge in [-0.1, -0.05) is 249 Å². The third-order valence-electron chi connectivity index (χ3n) is 12.6. The van der Waals surface area contributed by atoms with Gasteiger partial charge in [0.15, 0.2) is 0 Å². The molecule has 11 rings (SSSR count). The van der Waals surface area contributed by atoms with E-state index in [2.05, 4.69) is 271 Å². The highest BCUT2D eigenvalue weighted by Crippen LogP contribution is 2.50. The SMILES string of the molecule is C1=C(c2ccccc2)N=C(c2cccc(-c3ccc(C4=C(c5ccccc5)C(c5ccccc5)NC(c5ccccc5)=C4c4ccccc4)cc3)c2)NC1c1ccc(-c2ccccc2)cc1. The van der Waals surface area contributed by atoms with Gasteiger partial charge in [0.25, 0.3) is 0 Å². The maximum absolute atomic E-state index is 5.26. The van der Waals surface area contributed by atoms with Crippen LogP contribution in [0.25, 0.3) is 50.4 Å². The molecule has 0 fully saturated rings. The molecule has 2 heterocycles. The Balaban J connectivity index is 1.00. The first kappa shape index (κ1) is 40.3. The van der Waals surface area contributed by atoms with Crippen molar-refractivity contribution in [3.63, 3.8) is 0 Å². The molecule has 0 spiro atoms. The molecule has 2 atom stereocenters. The minimum atomic E-state index is -0.105. The largest absolute Gasteiger partial charge is 0.373 e. The fraction of sp³-hybridized carbons (Fsp3) is 0.0317. The molecule has 2 aliphatic rings. The minimum Gasteiger partial charge on any atom is -0.373 e. The second kappa shape index (κ2) is 18.3. The molecule has 0 bridgehead atoms. The number of aliphatic imine (C=N–C) groups is 1. The Morgan fingerprint density at radius 3 is 1.36 bits per heavy atom. The van der Waals surface area contributed by atoms with Crippen molar-refractivity contribution in [3.05, 3.63) is 305 Å². The molecule has 2 aliphatic heterocycles. The van der Waals surface area contributed by atoms with E-state index in [1.807, 2.05) is 0 Å². The van der Waals surface area contributed by atoms with Crippen LogP contribution >= 0.6 is 0 Å². The van der Waals surface area contributed by atoms with Gasteiger partial charge in [-0.2, -0.15) is 0 Å². The molecular weight excluding hydrogens is 799 g/mol. The fourth-order valence-electron chi connectivity index (χ4n) is 9.37. The first-order valence-corrected chi connectivity index (χ1v) is 22.7. The van der Waals surface area contributed by atoms with Crippen molar-refractivity contribution in [2.75, 3.05) is 0 Å². The predicted molar refractivity (Wildman–Crippen MR) is 276 cm³/mol. The molecule has 3 heteroatoms. The average Bonchev–Trinajstić information content (AvgIpc) is 3.42. The average molecular weight is 846 g/mol. The smallest absolute Gasteiger partial charge is 0.134 e. The summed E-state index contributed by atoms with van der Waals surface area (Å²) >= 11 is 0. The molecular formula is C63H47N3. The van der Waals surface area contributed by atoms with E-state index in [9.17, 15) is 0 Å². The van der Waals surface area contributed by atoms with Crippen molar-refractivity contribution in [1.82, 2.24) is 10.6 Å². The molecule has 66 heavy (non-hydrogen) atoms. The molecule has 0 aromatic heterocycles. The van der Waals surface area contributed by atoms with Crippen molar-refractivity contribution >= 4 is 33.9 Å². The summed E-state index contributed by atoms with van der Waals surface area (Å²) in [5.74, 6) is 0.845. The zero-order valence-corrected chi connectivity index (χ0v) is 36.4. The van der Waals surface area contributed by atoms with Crippen LogP contribution in [-0.4, -0.2) is 5.84 Å². The maximum atomic E-state index is 5.26. The van der Waals surface area contributed by atoms with Gasteiger partial charge in [-0.25, -0.2) is 4.99 Å². The molecule has 9 aromatic rings. The van der Waals surface area contributed by atoms with E-state index in [4.69, 9.17) is 4.99 Å². The number of hydrogen-bond donors (Lipinski definition) is 2. The maximum Gasteiger partial charge on any atom is 0.134 e. The molecule has 0 amide bonds. The Bertz CT molecular complexity index is 3230. The van der Waals surface area contributed by atoms with Gasteiger partial charge in [-0.15, -0.1) is 0 Å². The first-order chi connectivity index (χ1) is 32.7. The Morgan fingerprint density at radius 1 is 0.303 bits per heavy atom. The molecule has 0 saturated carbocycles. The fourth-order valence-corrected chi connectivity index (χ4v) is 9.37. The summed E-state index contributed by atoms with van der Waals surface area (Å²) in [6, 6.07) is 90.9. The number of amidine groups is 1. The van der Waals surface area contributed by atoms with E-state index < -0.39 is 0 Å². The Labute approximate surface area is 387 Å². The zero-order valence-electron chi connectivity index (χ0n) is 36.4. The standard InChI is InChI=1S/C63H47N3/c1-7-20-44(21-8-1)45-34-38-48(39-35-45)57-43-56(47-22-9-2-10-23-47)64-63(65-57)55-33-19-32-54(42-55)46-36-40-51(41-37-46)58-59(49-24-11-3-12-25-49)61(52-28-15-5-16-29-52)66-62(53-30-17-6-18-31-53)60(58)50-26-13-4-14-27-50/h1-43,57,61,66H,(H,64,65). The van der Waals surface area contributed by atoms with Crippen molar-refractivity contribution in [1.29, 1.82) is 0 Å². The minimum absolute atomic E-state index is 0.0649. The van der Waals surface area contributed by atoms with E-state index in [1.165, 1.54) is 44.5 Å². The highest BCUT2D eigenvalue weighted by molar-refractivity contribution is 6.24. The van der Waals surface area contributed by atoms with Crippen molar-refractivity contribution < 1.29 is 0 Å². The summed E-state index contributed by atoms with van der Waals surface area (Å²) < 4.78 is 0. The monoisotopic (exact) mass is 845 g/mol. The lowest BCUT2D eigenvalue weighted by molar-refractivity contribution is 0.781. The predicted octanol–water partition coefficient (Wildman–Crippen LogP) is 15.0. The third kappa shape index (κ3) is 8.22. The number of nitrogens with zero attached hydrogens (tertiary/aromatic N) is 1. The Kier molecular flexibility index (Phi) is 11.2. The summed E-state index contributed by atoms with van der Waals surface area (Å²) in [5.41, 5.74) is 19.5. The molecule has 0 saturated heterocycles. The summed E-state index contributed by atoms with van der Waals surface area (Å²) in [6.45, 7) is 0. The van der Waals surface area contributed by atoms with Gasteiger partial charge < -0.3 is 10.6 Å². The van der Waals surface area contributed by atoms with Crippen LogP contribution in [0.5, 0.6) is 0 Å². The molecule has 314 valence electrons. The van der Waals surface area contributed by atoms with Crippen molar-refractivity contribution in [2.45, 2.75) is 12.1 Å². The number of rotatable bonds is 10. The lowest BCUT2D eigenvalue weighted by Gasteiger charge is -2.36. The number of benzene rings is 9. The highest BCUT2D eigenvalue weighted by atomic mass is 15.0. The highest BCUT2D eigenvalue weighted by Gasteiger charge is 2.33. The van der Waals surface area contributed by atoms with Gasteiger partial charge in [-0.05, 0) is 84.5 Å². The van der Waals surface area contributed by atoms with E-state index in [0.29, 0.717) is 0 Å². The Hall–Kier alpha value is -8.53. The summed E-state index contributed by atoms with van der Waals surface area (Å²) in [6.07, 6.45) is 2.24. The van der Waals surface area contributed by atoms with Crippen LogP contribution in [0.2, 0.25) is 0 Å². The normalized spacial score (nSPS) is 15.9. The number of allylic oxidation sites excluding steroid dienone is 2. The first-order valence-electron chi connectivity index (χ1n) is 22.7. The van der Waals surface area contributed by atoms with Gasteiger partial charge in [0.2, 0.25) is 0 Å². The van der Waals surface area contributed by atoms with Crippen LogP contribution in [0, 0.1) is 0 Å². The third-order valence-corrected chi connectivity index (χ3v) is 12.6. The topological polar surface area (TPSA) is 36.4 Å². The molecule has 9 aromatic carbocycles. The van der Waals surface area contributed by atoms with E-state index >= 15 is 0 Å². The molecule has 0 aliphatic carbocycles. The van der Waals surface area contributed by atoms with Crippen LogP contribution in [0.4, 0.5) is 0 Å². The zero-order chi connectivity index (χ0) is 44.1. The van der Waals surface area contributed by atoms with Crippen molar-refractivity contribution in [2.24, 2.45) is 4.99 Å². The van der Waals surface area contributed by atoms with E-state index in [0.717, 1.165) is 56.2 Å². The van der Waals surface area contributed by atoms with Crippen LogP contribution < -0.4 is 10.6 Å². The molecule has 2 unspecified atom stereocenters. The van der Waals surface area contributed by atoms with Crippen molar-refractivity contribution in [3.8, 4) is 22.3 Å². The summed E-state index contributed by atoms with van der Waals surface area (Å²) in [5, 5.41) is 7.90. The van der Waals surface area contributed by atoms with Gasteiger partial charge in [0.1, 0.15) is 5.84 Å². The van der Waals surface area contributed by atoms with E-state index in [-0.39, 0.29) is 12.1 Å². The lowest BCUT2D eigenvalue weighted by atomic mass is 9.77. The van der Waals surface area contributed by atoms with E-state index in [1.54, 1.807) is 0 Å². The number of hydrogen-bond acceptors (Lipinski definition) is 3. The summed E-state index contributed by atoms with van der Waals surface area (Å²) in [4.78, 5) is 5.26. The molecule has 2 N–H and O–H groups in total. The van der Waals surface area contributed by atoms with Gasteiger partial charge in [0.05, 0.1) is 23.5 Å². The number of nitrogens with one attached hydrogen (secondary N) is 2. The van der Waals surface area contributed by atoms with Crippen LogP contribution in [0.15, 0.2) is 266 Å². The molecule has 0 radical (unpaired) electrons.